The molecule has 0 aliphatic rings. The van der Waals surface area contributed by atoms with Crippen LogP contribution in [-0.4, -0.2) is 26.4 Å². The van der Waals surface area contributed by atoms with Gasteiger partial charge in [0.1, 0.15) is 5.69 Å². The molecule has 0 saturated carbocycles. The highest BCUT2D eigenvalue weighted by Gasteiger charge is 2.17. The molecule has 0 aliphatic heterocycles. The molecule has 130 valence electrons. The van der Waals surface area contributed by atoms with Crippen molar-refractivity contribution in [1.82, 2.24) is 19.3 Å². The maximum absolute atomic E-state index is 12.8. The molecule has 4 aromatic rings. The minimum atomic E-state index is -0.176. The number of rotatable bonds is 4. The quantitative estimate of drug-likeness (QED) is 0.570. The number of methoxy groups -OCH3 is 1. The van der Waals surface area contributed by atoms with Gasteiger partial charge < -0.3 is 9.30 Å². The van der Waals surface area contributed by atoms with Gasteiger partial charge in [0.25, 0.3) is 5.56 Å². The molecule has 26 heavy (non-hydrogen) atoms. The SMILES string of the molecule is COCc1cc(-c2nc3ccccc3n(C)c2=O)nn1-c1ccccc1. The summed E-state index contributed by atoms with van der Waals surface area (Å²) in [7, 11) is 3.38. The van der Waals surface area contributed by atoms with Crippen LogP contribution in [0.1, 0.15) is 5.69 Å². The monoisotopic (exact) mass is 346 g/mol. The van der Waals surface area contributed by atoms with Crippen molar-refractivity contribution in [2.75, 3.05) is 7.11 Å². The Labute approximate surface area is 150 Å². The van der Waals surface area contributed by atoms with Crippen LogP contribution in [0, 0.1) is 0 Å². The Morgan fingerprint density at radius 3 is 2.54 bits per heavy atom. The van der Waals surface area contributed by atoms with Crippen LogP contribution in [0.15, 0.2) is 65.5 Å². The lowest BCUT2D eigenvalue weighted by atomic mass is 10.2. The van der Waals surface area contributed by atoms with E-state index in [4.69, 9.17) is 4.74 Å². The number of para-hydroxylation sites is 3. The lowest BCUT2D eigenvalue weighted by Crippen LogP contribution is -2.21. The van der Waals surface area contributed by atoms with Gasteiger partial charge in [0, 0.05) is 14.2 Å². The van der Waals surface area contributed by atoms with Gasteiger partial charge in [-0.05, 0) is 30.3 Å². The molecule has 0 amide bonds. The summed E-state index contributed by atoms with van der Waals surface area (Å²) < 4.78 is 8.69. The van der Waals surface area contributed by atoms with Crippen LogP contribution in [0.4, 0.5) is 0 Å². The summed E-state index contributed by atoms with van der Waals surface area (Å²) in [6, 6.07) is 19.2. The Hall–Kier alpha value is -3.25. The molecule has 6 heteroatoms. The molecular formula is C20H18N4O2. The van der Waals surface area contributed by atoms with Crippen LogP contribution >= 0.6 is 0 Å². The molecule has 0 fully saturated rings. The maximum Gasteiger partial charge on any atom is 0.279 e. The molecule has 0 N–H and O–H groups in total. The highest BCUT2D eigenvalue weighted by Crippen LogP contribution is 2.20. The summed E-state index contributed by atoms with van der Waals surface area (Å²) in [5, 5.41) is 4.64. The molecule has 0 bridgehead atoms. The molecule has 0 aliphatic carbocycles. The van der Waals surface area contributed by atoms with Crippen molar-refractivity contribution in [2.24, 2.45) is 7.05 Å². The Morgan fingerprint density at radius 2 is 1.77 bits per heavy atom. The van der Waals surface area contributed by atoms with Crippen LogP contribution in [0.3, 0.4) is 0 Å². The molecule has 0 radical (unpaired) electrons. The third kappa shape index (κ3) is 2.70. The van der Waals surface area contributed by atoms with Crippen LogP contribution in [0.2, 0.25) is 0 Å². The van der Waals surface area contributed by atoms with Gasteiger partial charge in [-0.1, -0.05) is 30.3 Å². The van der Waals surface area contributed by atoms with Crippen LogP contribution in [-0.2, 0) is 18.4 Å². The van der Waals surface area contributed by atoms with E-state index in [1.165, 1.54) is 0 Å². The largest absolute Gasteiger partial charge is 0.378 e. The standard InChI is InChI=1S/C20H18N4O2/c1-23-18-11-7-6-10-16(18)21-19(20(23)25)17-12-15(13-26-2)24(22-17)14-8-4-3-5-9-14/h3-12H,13H2,1-2H3. The molecule has 4 rings (SSSR count). The third-order valence-electron chi connectivity index (χ3n) is 4.30. The summed E-state index contributed by atoms with van der Waals surface area (Å²) in [6.07, 6.45) is 0. The molecule has 2 aromatic heterocycles. The number of hydrogen-bond acceptors (Lipinski definition) is 4. The van der Waals surface area contributed by atoms with Crippen molar-refractivity contribution in [3.05, 3.63) is 76.7 Å². The predicted molar refractivity (Wildman–Crippen MR) is 100 cm³/mol. The molecule has 0 saturated heterocycles. The number of fused-ring (bicyclic) bond motifs is 1. The third-order valence-corrected chi connectivity index (χ3v) is 4.30. The van der Waals surface area contributed by atoms with E-state index >= 15 is 0 Å². The summed E-state index contributed by atoms with van der Waals surface area (Å²) in [4.78, 5) is 17.4. The van der Waals surface area contributed by atoms with E-state index < -0.39 is 0 Å². The average Bonchev–Trinajstić information content (AvgIpc) is 3.09. The van der Waals surface area contributed by atoms with E-state index in [2.05, 4.69) is 10.1 Å². The summed E-state index contributed by atoms with van der Waals surface area (Å²) in [5.41, 5.74) is 4.00. The van der Waals surface area contributed by atoms with Crippen molar-refractivity contribution < 1.29 is 4.74 Å². The topological polar surface area (TPSA) is 61.9 Å². The summed E-state index contributed by atoms with van der Waals surface area (Å²) in [5.74, 6) is 0. The zero-order valence-corrected chi connectivity index (χ0v) is 14.6. The molecule has 0 spiro atoms. The first-order valence-corrected chi connectivity index (χ1v) is 8.28. The average molecular weight is 346 g/mol. The smallest absolute Gasteiger partial charge is 0.279 e. The van der Waals surface area contributed by atoms with E-state index in [9.17, 15) is 4.79 Å². The van der Waals surface area contributed by atoms with E-state index in [0.717, 1.165) is 22.4 Å². The van der Waals surface area contributed by atoms with Gasteiger partial charge in [-0.15, -0.1) is 0 Å². The fraction of sp³-hybridized carbons (Fsp3) is 0.150. The summed E-state index contributed by atoms with van der Waals surface area (Å²) >= 11 is 0. The van der Waals surface area contributed by atoms with Crippen LogP contribution in [0.5, 0.6) is 0 Å². The zero-order valence-electron chi connectivity index (χ0n) is 14.6. The van der Waals surface area contributed by atoms with Gasteiger partial charge in [-0.2, -0.15) is 5.10 Å². The number of nitrogens with zero attached hydrogens (tertiary/aromatic N) is 4. The lowest BCUT2D eigenvalue weighted by molar-refractivity contribution is 0.179. The minimum absolute atomic E-state index is 0.176. The second-order valence-electron chi connectivity index (χ2n) is 6.01. The first kappa shape index (κ1) is 16.2. The van der Waals surface area contributed by atoms with E-state index in [1.807, 2.05) is 60.7 Å². The number of aryl methyl sites for hydroxylation is 1. The number of benzene rings is 2. The Bertz CT molecular complexity index is 1130. The van der Waals surface area contributed by atoms with Gasteiger partial charge in [0.15, 0.2) is 5.69 Å². The predicted octanol–water partition coefficient (Wildman–Crippen LogP) is 2.93. The van der Waals surface area contributed by atoms with Crippen molar-refractivity contribution in [2.45, 2.75) is 6.61 Å². The highest BCUT2D eigenvalue weighted by molar-refractivity contribution is 5.77. The second kappa shape index (κ2) is 6.57. The van der Waals surface area contributed by atoms with Gasteiger partial charge in [0.05, 0.1) is 29.0 Å². The van der Waals surface area contributed by atoms with Crippen molar-refractivity contribution >= 4 is 11.0 Å². The number of ether oxygens (including phenoxy) is 1. The zero-order chi connectivity index (χ0) is 18.1. The molecule has 2 aromatic carbocycles. The van der Waals surface area contributed by atoms with Crippen LogP contribution in [0.25, 0.3) is 28.1 Å². The van der Waals surface area contributed by atoms with Gasteiger partial charge in [0.2, 0.25) is 0 Å². The van der Waals surface area contributed by atoms with Gasteiger partial charge in [-0.3, -0.25) is 4.79 Å². The highest BCUT2D eigenvalue weighted by atomic mass is 16.5. The molecule has 0 unspecified atom stereocenters. The molecule has 6 nitrogen and oxygen atoms in total. The number of aromatic nitrogens is 4. The number of hydrogen-bond donors (Lipinski definition) is 0. The first-order valence-electron chi connectivity index (χ1n) is 8.28. The molecule has 0 atom stereocenters. The first-order chi connectivity index (χ1) is 12.7. The lowest BCUT2D eigenvalue weighted by Gasteiger charge is -2.06. The van der Waals surface area contributed by atoms with Crippen molar-refractivity contribution in [3.63, 3.8) is 0 Å². The van der Waals surface area contributed by atoms with Crippen molar-refractivity contribution in [1.29, 1.82) is 0 Å². The van der Waals surface area contributed by atoms with E-state index in [-0.39, 0.29) is 5.56 Å². The Morgan fingerprint density at radius 1 is 1.04 bits per heavy atom. The maximum atomic E-state index is 12.8. The van der Waals surface area contributed by atoms with Gasteiger partial charge in [-0.25, -0.2) is 9.67 Å². The fourth-order valence-corrected chi connectivity index (χ4v) is 3.02. The van der Waals surface area contributed by atoms with Gasteiger partial charge >= 0.3 is 0 Å². The Kier molecular flexibility index (Phi) is 4.10. The minimum Gasteiger partial charge on any atom is -0.378 e. The van der Waals surface area contributed by atoms with E-state index in [0.29, 0.717) is 18.0 Å². The molecule has 2 heterocycles. The van der Waals surface area contributed by atoms with Crippen LogP contribution < -0.4 is 5.56 Å². The van der Waals surface area contributed by atoms with Crippen molar-refractivity contribution in [3.8, 4) is 17.1 Å². The molecular weight excluding hydrogens is 328 g/mol. The second-order valence-corrected chi connectivity index (χ2v) is 6.01. The fourth-order valence-electron chi connectivity index (χ4n) is 3.02. The summed E-state index contributed by atoms with van der Waals surface area (Å²) in [6.45, 7) is 0.385. The van der Waals surface area contributed by atoms with E-state index in [1.54, 1.807) is 23.4 Å². The normalized spacial score (nSPS) is 11.2. The Balaban J connectivity index is 1.93.